The standard InChI is InChI=1S/C59H39N3OS/c1-36-29-31-49(45-25-14-24-44-43-22-9-12-28-54(43)64-58(44)45)60-59(61-56(36)41-20-13-19-38(33-41)37-15-3-2-4-16-37)47-30-32-51(57-55(47)46-23-8-11-27-53(46)63-57)62-50-26-10-7-21-42(50)48-34-39-17-5-6-18-40(39)35-52(48)62/h2-28,30-36H,29H2,1H3/b49-31+,60-59?,61-56?. The number of amidine groups is 1. The monoisotopic (exact) mass is 837 g/mol. The van der Waals surface area contributed by atoms with Crippen LogP contribution in [-0.2, 0) is 0 Å². The van der Waals surface area contributed by atoms with Crippen molar-refractivity contribution in [2.45, 2.75) is 13.3 Å². The molecular weight excluding hydrogens is 799 g/mol. The van der Waals surface area contributed by atoms with Crippen LogP contribution in [0.4, 0.5) is 0 Å². The number of fused-ring (bicyclic) bond motifs is 10. The zero-order valence-corrected chi connectivity index (χ0v) is 35.8. The average Bonchev–Trinajstić information content (AvgIpc) is 4.03. The summed E-state index contributed by atoms with van der Waals surface area (Å²) >= 11 is 1.83. The lowest BCUT2D eigenvalue weighted by molar-refractivity contribution is 0.666. The van der Waals surface area contributed by atoms with E-state index in [4.69, 9.17) is 14.4 Å². The van der Waals surface area contributed by atoms with Gasteiger partial charge >= 0.3 is 0 Å². The van der Waals surface area contributed by atoms with Crippen molar-refractivity contribution in [3.8, 4) is 16.8 Å². The van der Waals surface area contributed by atoms with Crippen molar-refractivity contribution < 1.29 is 4.42 Å². The first-order chi connectivity index (χ1) is 31.6. The molecule has 1 unspecified atom stereocenters. The highest BCUT2D eigenvalue weighted by molar-refractivity contribution is 7.26. The van der Waals surface area contributed by atoms with Crippen LogP contribution in [0.25, 0.3) is 97.2 Å². The van der Waals surface area contributed by atoms with E-state index >= 15 is 0 Å². The minimum atomic E-state index is 0.0939. The maximum absolute atomic E-state index is 7.04. The molecule has 0 spiro atoms. The maximum atomic E-state index is 7.04. The van der Waals surface area contributed by atoms with Gasteiger partial charge in [0.2, 0.25) is 0 Å². The fourth-order valence-electron chi connectivity index (χ4n) is 9.98. The Bertz CT molecular complexity index is 3950. The summed E-state index contributed by atoms with van der Waals surface area (Å²) in [5, 5.41) is 9.36. The molecule has 64 heavy (non-hydrogen) atoms. The first-order valence-electron chi connectivity index (χ1n) is 22.0. The number of rotatable bonds is 5. The number of nitrogens with zero attached hydrogens (tertiary/aromatic N) is 3. The molecule has 12 aromatic rings. The molecular formula is C59H39N3OS. The lowest BCUT2D eigenvalue weighted by atomic mass is 9.91. The van der Waals surface area contributed by atoms with Gasteiger partial charge in [0, 0.05) is 58.8 Å². The Morgan fingerprint density at radius 3 is 2.12 bits per heavy atom. The quantitative estimate of drug-likeness (QED) is 0.170. The van der Waals surface area contributed by atoms with Crippen LogP contribution in [0, 0.1) is 5.92 Å². The van der Waals surface area contributed by atoms with Gasteiger partial charge in [0.1, 0.15) is 5.58 Å². The predicted octanol–water partition coefficient (Wildman–Crippen LogP) is 16.2. The van der Waals surface area contributed by atoms with Crippen LogP contribution in [0.2, 0.25) is 0 Å². The van der Waals surface area contributed by atoms with Crippen molar-refractivity contribution in [3.05, 3.63) is 217 Å². The minimum absolute atomic E-state index is 0.0939. The van der Waals surface area contributed by atoms with Gasteiger partial charge in [-0.15, -0.1) is 11.3 Å². The molecule has 5 heteroatoms. The molecule has 9 aromatic carbocycles. The second kappa shape index (κ2) is 14.6. The number of aliphatic imine (C=N–C) groups is 2. The van der Waals surface area contributed by atoms with E-state index in [9.17, 15) is 0 Å². The Morgan fingerprint density at radius 1 is 0.531 bits per heavy atom. The SMILES string of the molecule is CC1C/C=C(\c2cccc3c2sc2ccccc23)N=C(c2ccc(-n3c4ccccc4c4cc5ccccc5cc43)c3oc4ccccc4c23)N=C1c1cccc(-c2ccccc2)c1. The van der Waals surface area contributed by atoms with Gasteiger partial charge in [-0.25, -0.2) is 9.98 Å². The van der Waals surface area contributed by atoms with E-state index in [0.29, 0.717) is 5.84 Å². The number of para-hydroxylation sites is 2. The molecule has 4 heterocycles. The summed E-state index contributed by atoms with van der Waals surface area (Å²) in [5.41, 5.74) is 12.3. The summed E-state index contributed by atoms with van der Waals surface area (Å²) in [5.74, 6) is 0.753. The Kier molecular flexibility index (Phi) is 8.40. The molecule has 0 aliphatic carbocycles. The molecule has 13 rings (SSSR count). The van der Waals surface area contributed by atoms with Crippen molar-refractivity contribution in [1.82, 2.24) is 4.57 Å². The van der Waals surface area contributed by atoms with E-state index in [-0.39, 0.29) is 5.92 Å². The van der Waals surface area contributed by atoms with Gasteiger partial charge in [-0.1, -0.05) is 159 Å². The number of furan rings is 1. The van der Waals surface area contributed by atoms with E-state index in [2.05, 4.69) is 206 Å². The third kappa shape index (κ3) is 5.82. The van der Waals surface area contributed by atoms with Gasteiger partial charge in [-0.2, -0.15) is 0 Å². The first-order valence-corrected chi connectivity index (χ1v) is 22.8. The highest BCUT2D eigenvalue weighted by atomic mass is 32.1. The van der Waals surface area contributed by atoms with Crippen molar-refractivity contribution in [2.75, 3.05) is 0 Å². The molecule has 1 aliphatic rings. The van der Waals surface area contributed by atoms with Crippen LogP contribution in [0.3, 0.4) is 0 Å². The number of aromatic nitrogens is 1. The van der Waals surface area contributed by atoms with Gasteiger partial charge in [0.05, 0.1) is 28.1 Å². The van der Waals surface area contributed by atoms with Gasteiger partial charge < -0.3 is 8.98 Å². The van der Waals surface area contributed by atoms with Crippen molar-refractivity contribution in [1.29, 1.82) is 0 Å². The summed E-state index contributed by atoms with van der Waals surface area (Å²) in [6, 6.07) is 69.5. The van der Waals surface area contributed by atoms with Crippen LogP contribution in [0.15, 0.2) is 215 Å². The van der Waals surface area contributed by atoms with Crippen LogP contribution < -0.4 is 0 Å². The summed E-state index contributed by atoms with van der Waals surface area (Å²) in [7, 11) is 0. The Labute approximate surface area is 373 Å². The summed E-state index contributed by atoms with van der Waals surface area (Å²) in [6.07, 6.45) is 3.12. The number of hydrogen-bond donors (Lipinski definition) is 0. The molecule has 1 atom stereocenters. The molecule has 3 aromatic heterocycles. The Morgan fingerprint density at radius 2 is 1.23 bits per heavy atom. The lowest BCUT2D eigenvalue weighted by Gasteiger charge is -2.20. The van der Waals surface area contributed by atoms with Crippen LogP contribution in [0.1, 0.15) is 30.0 Å². The minimum Gasteiger partial charge on any atom is -0.454 e. The zero-order chi connectivity index (χ0) is 42.3. The van der Waals surface area contributed by atoms with Crippen molar-refractivity contribution >= 4 is 103 Å². The van der Waals surface area contributed by atoms with E-state index in [0.717, 1.165) is 78.7 Å². The third-order valence-electron chi connectivity index (χ3n) is 13.1. The molecule has 302 valence electrons. The number of thiophene rings is 1. The zero-order valence-electron chi connectivity index (χ0n) is 35.0. The first kappa shape index (κ1) is 36.8. The maximum Gasteiger partial charge on any atom is 0.160 e. The van der Waals surface area contributed by atoms with Crippen LogP contribution in [0.5, 0.6) is 0 Å². The predicted molar refractivity (Wildman–Crippen MR) is 272 cm³/mol. The number of allylic oxidation sites excluding steroid dienone is 1. The summed E-state index contributed by atoms with van der Waals surface area (Å²) in [6.45, 7) is 2.29. The molecule has 1 aliphatic heterocycles. The Hall–Kier alpha value is -7.86. The molecule has 0 saturated carbocycles. The second-order valence-electron chi connectivity index (χ2n) is 16.9. The molecule has 0 amide bonds. The van der Waals surface area contributed by atoms with Gasteiger partial charge in [0.25, 0.3) is 0 Å². The smallest absolute Gasteiger partial charge is 0.160 e. The molecule has 0 fully saturated rings. The fraction of sp³-hybridized carbons (Fsp3) is 0.0508. The lowest BCUT2D eigenvalue weighted by Crippen LogP contribution is -2.17. The molecule has 0 saturated heterocycles. The van der Waals surface area contributed by atoms with Crippen LogP contribution >= 0.6 is 11.3 Å². The van der Waals surface area contributed by atoms with E-state index < -0.39 is 0 Å². The summed E-state index contributed by atoms with van der Waals surface area (Å²) < 4.78 is 11.9. The largest absolute Gasteiger partial charge is 0.454 e. The third-order valence-corrected chi connectivity index (χ3v) is 14.3. The van der Waals surface area contributed by atoms with Gasteiger partial charge in [0.15, 0.2) is 11.4 Å². The van der Waals surface area contributed by atoms with Crippen molar-refractivity contribution in [2.24, 2.45) is 15.9 Å². The molecule has 0 bridgehead atoms. The normalized spacial score (nSPS) is 15.5. The Balaban J connectivity index is 1.09. The molecule has 0 N–H and O–H groups in total. The molecule has 0 radical (unpaired) electrons. The summed E-state index contributed by atoms with van der Waals surface area (Å²) in [4.78, 5) is 11.4. The van der Waals surface area contributed by atoms with E-state index in [1.165, 1.54) is 47.3 Å². The van der Waals surface area contributed by atoms with Gasteiger partial charge in [-0.3, -0.25) is 0 Å². The average molecular weight is 838 g/mol. The van der Waals surface area contributed by atoms with E-state index in [1.54, 1.807) is 0 Å². The number of benzene rings is 9. The van der Waals surface area contributed by atoms with Crippen molar-refractivity contribution in [3.63, 3.8) is 0 Å². The second-order valence-corrected chi connectivity index (χ2v) is 17.9. The van der Waals surface area contributed by atoms with Gasteiger partial charge in [-0.05, 0) is 82.4 Å². The highest BCUT2D eigenvalue weighted by Crippen LogP contribution is 2.43. The van der Waals surface area contributed by atoms with Crippen LogP contribution in [-0.4, -0.2) is 16.1 Å². The number of hydrogen-bond acceptors (Lipinski definition) is 4. The molecule has 4 nitrogen and oxygen atoms in total. The topological polar surface area (TPSA) is 42.8 Å². The fourth-order valence-corrected chi connectivity index (χ4v) is 11.2. The highest BCUT2D eigenvalue weighted by Gasteiger charge is 2.25. The van der Waals surface area contributed by atoms with E-state index in [1.807, 2.05) is 17.4 Å².